The van der Waals surface area contributed by atoms with E-state index in [1.165, 1.54) is 12.3 Å². The Kier molecular flexibility index (Phi) is 5.28. The fraction of sp³-hybridized carbons (Fsp3) is 0.0455. The Morgan fingerprint density at radius 2 is 1.82 bits per heavy atom. The summed E-state index contributed by atoms with van der Waals surface area (Å²) in [6.07, 6.45) is 4.35. The van der Waals surface area contributed by atoms with Crippen LogP contribution in [0.1, 0.15) is 15.9 Å². The second kappa shape index (κ2) is 8.00. The molecule has 6 heteroatoms. The molecule has 4 aromatic rings. The van der Waals surface area contributed by atoms with E-state index in [1.807, 2.05) is 47.8 Å². The molecule has 0 saturated heterocycles. The fourth-order valence-electron chi connectivity index (χ4n) is 2.93. The smallest absolute Gasteiger partial charge is 0.170 e. The van der Waals surface area contributed by atoms with Crippen molar-refractivity contribution in [1.82, 2.24) is 9.97 Å². The van der Waals surface area contributed by atoms with E-state index >= 15 is 0 Å². The van der Waals surface area contributed by atoms with Crippen LogP contribution in [0.15, 0.2) is 72.5 Å². The Labute approximate surface area is 170 Å². The van der Waals surface area contributed by atoms with Crippen LogP contribution in [0.25, 0.3) is 21.7 Å². The van der Waals surface area contributed by atoms with E-state index < -0.39 is 5.82 Å². The molecule has 0 unspecified atom stereocenters. The molecule has 0 aliphatic rings. The third-order valence-corrected chi connectivity index (χ3v) is 5.50. The fourth-order valence-corrected chi connectivity index (χ4v) is 3.79. The highest BCUT2D eigenvalue weighted by atomic mass is 35.5. The first kappa shape index (κ1) is 18.5. The number of benzene rings is 2. The summed E-state index contributed by atoms with van der Waals surface area (Å²) in [6, 6.07) is 14.8. The Morgan fingerprint density at radius 3 is 2.54 bits per heavy atom. The van der Waals surface area contributed by atoms with Gasteiger partial charge in [-0.1, -0.05) is 41.9 Å². The van der Waals surface area contributed by atoms with Crippen LogP contribution in [-0.2, 0) is 6.42 Å². The van der Waals surface area contributed by atoms with Crippen molar-refractivity contribution in [3.8, 4) is 21.7 Å². The van der Waals surface area contributed by atoms with E-state index in [2.05, 4.69) is 9.97 Å². The Hall–Kier alpha value is -2.89. The summed E-state index contributed by atoms with van der Waals surface area (Å²) in [6.45, 7) is 0. The van der Waals surface area contributed by atoms with Gasteiger partial charge in [-0.25, -0.2) is 9.37 Å². The van der Waals surface area contributed by atoms with Gasteiger partial charge in [-0.2, -0.15) is 0 Å². The van der Waals surface area contributed by atoms with Gasteiger partial charge in [-0.3, -0.25) is 9.78 Å². The number of Topliss-reactive ketones (excluding diaryl/α,β-unsaturated/α-hetero) is 1. The van der Waals surface area contributed by atoms with E-state index in [4.69, 9.17) is 11.6 Å². The normalized spacial score (nSPS) is 10.8. The third-order valence-electron chi connectivity index (χ3n) is 4.35. The number of ketones is 1. The lowest BCUT2D eigenvalue weighted by Crippen LogP contribution is -2.06. The van der Waals surface area contributed by atoms with Crippen molar-refractivity contribution >= 4 is 28.7 Å². The van der Waals surface area contributed by atoms with Crippen LogP contribution >= 0.6 is 22.9 Å². The maximum atomic E-state index is 13.7. The minimum absolute atomic E-state index is 0.0540. The maximum absolute atomic E-state index is 13.7. The molecule has 2 aromatic heterocycles. The van der Waals surface area contributed by atoms with Crippen molar-refractivity contribution < 1.29 is 9.18 Å². The predicted molar refractivity (Wildman–Crippen MR) is 110 cm³/mol. The number of pyridine rings is 1. The first-order valence-electron chi connectivity index (χ1n) is 8.53. The van der Waals surface area contributed by atoms with Crippen LogP contribution in [0.4, 0.5) is 4.39 Å². The largest absolute Gasteiger partial charge is 0.294 e. The monoisotopic (exact) mass is 408 g/mol. The number of halogens is 2. The van der Waals surface area contributed by atoms with Crippen molar-refractivity contribution in [2.75, 3.05) is 0 Å². The summed E-state index contributed by atoms with van der Waals surface area (Å²) in [5.41, 5.74) is 3.69. The number of hydrogen-bond acceptors (Lipinski definition) is 4. The number of nitrogens with zero attached hydrogens (tertiary/aromatic N) is 2. The highest BCUT2D eigenvalue weighted by molar-refractivity contribution is 7.13. The molecule has 3 nitrogen and oxygen atoms in total. The van der Waals surface area contributed by atoms with Crippen LogP contribution in [0.5, 0.6) is 0 Å². The van der Waals surface area contributed by atoms with E-state index in [0.29, 0.717) is 5.02 Å². The molecular weight excluding hydrogens is 395 g/mol. The topological polar surface area (TPSA) is 42.9 Å². The predicted octanol–water partition coefficient (Wildman–Crippen LogP) is 6.09. The second-order valence-electron chi connectivity index (χ2n) is 6.18. The average molecular weight is 409 g/mol. The summed E-state index contributed by atoms with van der Waals surface area (Å²) in [5.74, 6) is -0.883. The molecule has 0 N–H and O–H groups in total. The van der Waals surface area contributed by atoms with Crippen molar-refractivity contribution in [2.24, 2.45) is 0 Å². The molecule has 0 atom stereocenters. The van der Waals surface area contributed by atoms with Gasteiger partial charge in [0, 0.05) is 40.3 Å². The molecule has 0 aliphatic heterocycles. The lowest BCUT2D eigenvalue weighted by Gasteiger charge is -2.08. The summed E-state index contributed by atoms with van der Waals surface area (Å²) in [5, 5.41) is 3.50. The number of thiazole rings is 1. The second-order valence-corrected chi connectivity index (χ2v) is 7.49. The van der Waals surface area contributed by atoms with Gasteiger partial charge in [0.2, 0.25) is 0 Å². The van der Waals surface area contributed by atoms with E-state index in [9.17, 15) is 9.18 Å². The zero-order chi connectivity index (χ0) is 19.5. The van der Waals surface area contributed by atoms with Gasteiger partial charge in [0.05, 0.1) is 11.8 Å². The number of aromatic nitrogens is 2. The lowest BCUT2D eigenvalue weighted by atomic mass is 9.99. The molecule has 28 heavy (non-hydrogen) atoms. The maximum Gasteiger partial charge on any atom is 0.170 e. The van der Waals surface area contributed by atoms with Gasteiger partial charge in [0.25, 0.3) is 0 Å². The molecular formula is C22H14ClFN2OS. The van der Waals surface area contributed by atoms with Crippen LogP contribution in [0.2, 0.25) is 5.02 Å². The third kappa shape index (κ3) is 3.86. The highest BCUT2D eigenvalue weighted by Gasteiger charge is 2.13. The molecule has 0 radical (unpaired) electrons. The molecule has 0 saturated carbocycles. The first-order valence-corrected chi connectivity index (χ1v) is 9.79. The van der Waals surface area contributed by atoms with Gasteiger partial charge in [-0.05, 0) is 29.3 Å². The number of carbonyl (C=O) groups is 1. The minimum Gasteiger partial charge on any atom is -0.294 e. The van der Waals surface area contributed by atoms with Crippen molar-refractivity contribution in [1.29, 1.82) is 0 Å². The summed E-state index contributed by atoms with van der Waals surface area (Å²) >= 11 is 7.96. The van der Waals surface area contributed by atoms with E-state index in [1.54, 1.807) is 17.5 Å². The Morgan fingerprint density at radius 1 is 1.04 bits per heavy atom. The molecule has 0 bridgehead atoms. The number of carbonyl (C=O) groups excluding carboxylic acids is 1. The number of rotatable bonds is 5. The van der Waals surface area contributed by atoms with Crippen LogP contribution in [0.3, 0.4) is 0 Å². The minimum atomic E-state index is -0.602. The van der Waals surface area contributed by atoms with Crippen molar-refractivity contribution in [2.45, 2.75) is 6.42 Å². The molecule has 4 rings (SSSR count). The van der Waals surface area contributed by atoms with Crippen LogP contribution < -0.4 is 0 Å². The zero-order valence-electron chi connectivity index (χ0n) is 14.6. The summed E-state index contributed by atoms with van der Waals surface area (Å²) in [4.78, 5) is 20.3. The molecule has 0 aliphatic carbocycles. The molecule has 0 amide bonds. The standard InChI is InChI=1S/C22H14ClFN2OS/c23-19-6-5-16(22-26-9-10-28-22)12-18(19)15-3-1-14(2-4-15)11-21(27)17-7-8-25-13-20(17)24/h1-10,12-13H,11H2. The van der Waals surface area contributed by atoms with E-state index in [0.717, 1.165) is 33.5 Å². The van der Waals surface area contributed by atoms with Gasteiger partial charge in [0.15, 0.2) is 11.6 Å². The molecule has 0 spiro atoms. The van der Waals surface area contributed by atoms with Gasteiger partial charge < -0.3 is 0 Å². The molecule has 2 heterocycles. The summed E-state index contributed by atoms with van der Waals surface area (Å²) < 4.78 is 13.7. The highest BCUT2D eigenvalue weighted by Crippen LogP contribution is 2.33. The zero-order valence-corrected chi connectivity index (χ0v) is 16.2. The lowest BCUT2D eigenvalue weighted by molar-refractivity contribution is 0.0989. The first-order chi connectivity index (χ1) is 13.6. The van der Waals surface area contributed by atoms with Gasteiger partial charge >= 0.3 is 0 Å². The number of hydrogen-bond donors (Lipinski definition) is 0. The van der Waals surface area contributed by atoms with Gasteiger partial charge in [-0.15, -0.1) is 11.3 Å². The van der Waals surface area contributed by atoms with Gasteiger partial charge in [0.1, 0.15) is 5.01 Å². The van der Waals surface area contributed by atoms with Crippen molar-refractivity contribution in [3.63, 3.8) is 0 Å². The average Bonchev–Trinajstić information content (AvgIpc) is 3.24. The van der Waals surface area contributed by atoms with E-state index in [-0.39, 0.29) is 17.8 Å². The van der Waals surface area contributed by atoms with Crippen molar-refractivity contribution in [3.05, 3.63) is 94.5 Å². The summed E-state index contributed by atoms with van der Waals surface area (Å²) in [7, 11) is 0. The Balaban J connectivity index is 1.58. The molecule has 138 valence electrons. The van der Waals surface area contributed by atoms with Crippen LogP contribution in [-0.4, -0.2) is 15.8 Å². The quantitative estimate of drug-likeness (QED) is 0.375. The SMILES string of the molecule is O=C(Cc1ccc(-c2cc(-c3nccs3)ccc2Cl)cc1)c1ccncc1F. The Bertz CT molecular complexity index is 1130. The molecule has 2 aromatic carbocycles. The van der Waals surface area contributed by atoms with Crippen LogP contribution in [0, 0.1) is 5.82 Å². The molecule has 0 fully saturated rings.